The molecular formula is C20H37IN4O. The third-order valence-corrected chi connectivity index (χ3v) is 4.18. The van der Waals surface area contributed by atoms with Crippen LogP contribution in [0.5, 0.6) is 5.75 Å². The van der Waals surface area contributed by atoms with Crippen molar-refractivity contribution in [3.05, 3.63) is 29.8 Å². The third-order valence-electron chi connectivity index (χ3n) is 4.18. The summed E-state index contributed by atoms with van der Waals surface area (Å²) in [6, 6.07) is 8.15. The fourth-order valence-electron chi connectivity index (χ4n) is 2.74. The lowest BCUT2D eigenvalue weighted by atomic mass is 10.1. The van der Waals surface area contributed by atoms with Crippen LogP contribution < -0.4 is 15.4 Å². The molecule has 0 aliphatic carbocycles. The van der Waals surface area contributed by atoms with E-state index in [9.17, 15) is 0 Å². The highest BCUT2D eigenvalue weighted by Crippen LogP contribution is 2.17. The number of halogens is 1. The standard InChI is InChI=1S/C20H36N4O.HI/c1-21-20(22-15-10-6-5-7-11-17-24(2)3)23-16-14-18-12-8-9-13-19(18)25-4;/h8-9,12-13H,5-7,10-11,14-17H2,1-4H3,(H2,21,22,23);1H. The van der Waals surface area contributed by atoms with E-state index in [1.165, 1.54) is 44.2 Å². The molecule has 0 aliphatic rings. The number of benzene rings is 1. The first kappa shape index (κ1) is 25.0. The smallest absolute Gasteiger partial charge is 0.190 e. The van der Waals surface area contributed by atoms with Gasteiger partial charge in [-0.3, -0.25) is 4.99 Å². The number of methoxy groups -OCH3 is 1. The molecule has 0 saturated carbocycles. The van der Waals surface area contributed by atoms with Gasteiger partial charge < -0.3 is 20.3 Å². The summed E-state index contributed by atoms with van der Waals surface area (Å²) in [7, 11) is 7.81. The van der Waals surface area contributed by atoms with Gasteiger partial charge in [0, 0.05) is 20.1 Å². The Hall–Kier alpha value is -1.02. The van der Waals surface area contributed by atoms with Crippen molar-refractivity contribution >= 4 is 29.9 Å². The lowest BCUT2D eigenvalue weighted by Crippen LogP contribution is -2.38. The summed E-state index contributed by atoms with van der Waals surface area (Å²) in [5.74, 6) is 1.82. The van der Waals surface area contributed by atoms with Crippen LogP contribution in [0.1, 0.15) is 37.7 Å². The summed E-state index contributed by atoms with van der Waals surface area (Å²) in [6.07, 6.45) is 7.32. The Morgan fingerprint density at radius 2 is 1.65 bits per heavy atom. The fraction of sp³-hybridized carbons (Fsp3) is 0.650. The fourth-order valence-corrected chi connectivity index (χ4v) is 2.74. The first-order chi connectivity index (χ1) is 12.2. The van der Waals surface area contributed by atoms with Gasteiger partial charge >= 0.3 is 0 Å². The predicted molar refractivity (Wildman–Crippen MR) is 123 cm³/mol. The van der Waals surface area contributed by atoms with E-state index in [-0.39, 0.29) is 24.0 Å². The van der Waals surface area contributed by atoms with Crippen LogP contribution in [-0.2, 0) is 6.42 Å². The number of nitrogens with zero attached hydrogens (tertiary/aromatic N) is 2. The lowest BCUT2D eigenvalue weighted by molar-refractivity contribution is 0.389. The van der Waals surface area contributed by atoms with E-state index >= 15 is 0 Å². The molecule has 150 valence electrons. The van der Waals surface area contributed by atoms with Crippen molar-refractivity contribution in [1.29, 1.82) is 0 Å². The number of hydrogen-bond acceptors (Lipinski definition) is 3. The Bertz CT molecular complexity index is 494. The quantitative estimate of drug-likeness (QED) is 0.210. The van der Waals surface area contributed by atoms with Gasteiger partial charge in [-0.15, -0.1) is 24.0 Å². The zero-order chi connectivity index (χ0) is 18.3. The van der Waals surface area contributed by atoms with Crippen LogP contribution in [-0.4, -0.2) is 58.7 Å². The molecule has 0 spiro atoms. The van der Waals surface area contributed by atoms with Gasteiger partial charge in [-0.05, 0) is 51.5 Å². The number of hydrogen-bond donors (Lipinski definition) is 2. The van der Waals surface area contributed by atoms with E-state index < -0.39 is 0 Å². The van der Waals surface area contributed by atoms with Crippen LogP contribution in [0.4, 0.5) is 0 Å². The van der Waals surface area contributed by atoms with Crippen LogP contribution in [0.3, 0.4) is 0 Å². The topological polar surface area (TPSA) is 48.9 Å². The van der Waals surface area contributed by atoms with E-state index in [0.717, 1.165) is 31.2 Å². The number of unbranched alkanes of at least 4 members (excludes halogenated alkanes) is 4. The first-order valence-corrected chi connectivity index (χ1v) is 9.38. The molecule has 0 amide bonds. The molecule has 0 aromatic heterocycles. The molecule has 0 aliphatic heterocycles. The van der Waals surface area contributed by atoms with Gasteiger partial charge in [0.25, 0.3) is 0 Å². The summed E-state index contributed by atoms with van der Waals surface area (Å²) in [4.78, 5) is 6.54. The molecule has 0 unspecified atom stereocenters. The van der Waals surface area contributed by atoms with Gasteiger partial charge in [-0.1, -0.05) is 37.5 Å². The molecule has 26 heavy (non-hydrogen) atoms. The van der Waals surface area contributed by atoms with Crippen molar-refractivity contribution in [2.24, 2.45) is 4.99 Å². The van der Waals surface area contributed by atoms with E-state index in [0.29, 0.717) is 0 Å². The van der Waals surface area contributed by atoms with Gasteiger partial charge in [-0.2, -0.15) is 0 Å². The Labute approximate surface area is 177 Å². The van der Waals surface area contributed by atoms with Crippen LogP contribution in [0.15, 0.2) is 29.3 Å². The molecule has 1 aromatic carbocycles. The molecule has 5 nitrogen and oxygen atoms in total. The number of rotatable bonds is 12. The SMILES string of the molecule is CN=C(NCCCCCCCN(C)C)NCCc1ccccc1OC.I. The third kappa shape index (κ3) is 11.6. The molecule has 0 bridgehead atoms. The minimum atomic E-state index is 0. The number of guanidine groups is 1. The Morgan fingerprint density at radius 1 is 1.00 bits per heavy atom. The van der Waals surface area contributed by atoms with Crippen LogP contribution >= 0.6 is 24.0 Å². The van der Waals surface area contributed by atoms with Gasteiger partial charge in [-0.25, -0.2) is 0 Å². The van der Waals surface area contributed by atoms with Crippen molar-refractivity contribution in [1.82, 2.24) is 15.5 Å². The van der Waals surface area contributed by atoms with Crippen molar-refractivity contribution in [3.63, 3.8) is 0 Å². The van der Waals surface area contributed by atoms with E-state index in [1.807, 2.05) is 25.2 Å². The number of nitrogens with one attached hydrogen (secondary N) is 2. The second-order valence-electron chi connectivity index (χ2n) is 6.56. The molecular weight excluding hydrogens is 439 g/mol. The van der Waals surface area contributed by atoms with Crippen molar-refractivity contribution in [2.45, 2.75) is 38.5 Å². The highest BCUT2D eigenvalue weighted by Gasteiger charge is 2.02. The predicted octanol–water partition coefficient (Wildman–Crippen LogP) is 3.53. The summed E-state index contributed by atoms with van der Waals surface area (Å²) >= 11 is 0. The average molecular weight is 476 g/mol. The van der Waals surface area contributed by atoms with E-state index in [4.69, 9.17) is 4.74 Å². The summed E-state index contributed by atoms with van der Waals surface area (Å²) in [6.45, 7) is 3.01. The van der Waals surface area contributed by atoms with Crippen molar-refractivity contribution < 1.29 is 4.74 Å². The van der Waals surface area contributed by atoms with Crippen LogP contribution in [0.25, 0.3) is 0 Å². The molecule has 0 saturated heterocycles. The van der Waals surface area contributed by atoms with Crippen LogP contribution in [0, 0.1) is 0 Å². The zero-order valence-corrected chi connectivity index (χ0v) is 19.2. The summed E-state index contributed by atoms with van der Waals surface area (Å²) in [5.41, 5.74) is 1.21. The largest absolute Gasteiger partial charge is 0.496 e. The Morgan fingerprint density at radius 3 is 2.35 bits per heavy atom. The van der Waals surface area contributed by atoms with Crippen molar-refractivity contribution in [3.8, 4) is 5.75 Å². The summed E-state index contributed by atoms with van der Waals surface area (Å²) < 4.78 is 5.39. The first-order valence-electron chi connectivity index (χ1n) is 9.38. The molecule has 0 fully saturated rings. The minimum absolute atomic E-state index is 0. The minimum Gasteiger partial charge on any atom is -0.496 e. The zero-order valence-electron chi connectivity index (χ0n) is 16.9. The van der Waals surface area contributed by atoms with E-state index in [1.54, 1.807) is 7.11 Å². The van der Waals surface area contributed by atoms with Crippen molar-refractivity contribution in [2.75, 3.05) is 47.9 Å². The number of ether oxygens (including phenoxy) is 1. The lowest BCUT2D eigenvalue weighted by Gasteiger charge is -2.13. The molecule has 1 aromatic rings. The molecule has 2 N–H and O–H groups in total. The van der Waals surface area contributed by atoms with Gasteiger partial charge in [0.2, 0.25) is 0 Å². The van der Waals surface area contributed by atoms with Gasteiger partial charge in [0.05, 0.1) is 7.11 Å². The highest BCUT2D eigenvalue weighted by molar-refractivity contribution is 14.0. The highest BCUT2D eigenvalue weighted by atomic mass is 127. The summed E-state index contributed by atoms with van der Waals surface area (Å²) in [5, 5.41) is 6.76. The molecule has 0 heterocycles. The van der Waals surface area contributed by atoms with Gasteiger partial charge in [0.1, 0.15) is 5.75 Å². The Balaban J connectivity index is 0.00000625. The molecule has 0 radical (unpaired) electrons. The normalized spacial score (nSPS) is 11.2. The van der Waals surface area contributed by atoms with Gasteiger partial charge in [0.15, 0.2) is 5.96 Å². The average Bonchev–Trinajstić information content (AvgIpc) is 2.62. The number of para-hydroxylation sites is 1. The monoisotopic (exact) mass is 476 g/mol. The molecule has 6 heteroatoms. The molecule has 0 atom stereocenters. The maximum atomic E-state index is 5.39. The maximum absolute atomic E-state index is 5.39. The maximum Gasteiger partial charge on any atom is 0.190 e. The van der Waals surface area contributed by atoms with Crippen LogP contribution in [0.2, 0.25) is 0 Å². The van der Waals surface area contributed by atoms with E-state index in [2.05, 4.69) is 40.7 Å². The number of aliphatic imine (C=N–C) groups is 1. The Kier molecular flexibility index (Phi) is 15.5. The second-order valence-corrected chi connectivity index (χ2v) is 6.56. The molecule has 1 rings (SSSR count). The second kappa shape index (κ2) is 16.2.